The maximum Gasteiger partial charge on any atom is 0.246 e. The zero-order valence-corrected chi connectivity index (χ0v) is 24.7. The predicted molar refractivity (Wildman–Crippen MR) is 166 cm³/mol. The molecule has 8 nitrogen and oxygen atoms in total. The van der Waals surface area contributed by atoms with Crippen LogP contribution in [0.15, 0.2) is 54.9 Å². The number of rotatable bonds is 6. The number of hydrogen-bond acceptors (Lipinski definition) is 6. The molecule has 0 radical (unpaired) electrons. The Morgan fingerprint density at radius 2 is 1.66 bits per heavy atom. The van der Waals surface area contributed by atoms with E-state index in [4.69, 9.17) is 4.98 Å². The molecule has 0 aliphatic carbocycles. The SMILES string of the molecule is CC(=O)NC(C(=O)N1CCCC1c1nc2ccc(-c3cc4sc(-c5ccc6nc[nH]c6c5)cc4s3)cc2[nH]1)C(C)C. The predicted octanol–water partition coefficient (Wildman–Crippen LogP) is 6.87. The molecule has 4 aromatic heterocycles. The van der Waals surface area contributed by atoms with Gasteiger partial charge in [-0.15, -0.1) is 22.7 Å². The van der Waals surface area contributed by atoms with Gasteiger partial charge in [-0.05, 0) is 66.3 Å². The lowest BCUT2D eigenvalue weighted by atomic mass is 10.0. The van der Waals surface area contributed by atoms with Crippen molar-refractivity contribution in [2.75, 3.05) is 6.54 Å². The number of likely N-dealkylation sites (tertiary alicyclic amines) is 1. The molecular formula is C31H30N6O2S2. The topological polar surface area (TPSA) is 107 Å². The Hall–Kier alpha value is -4.02. The Morgan fingerprint density at radius 3 is 2.34 bits per heavy atom. The van der Waals surface area contributed by atoms with E-state index in [0.717, 1.165) is 46.3 Å². The number of fused-ring (bicyclic) bond motifs is 3. The molecule has 2 aromatic carbocycles. The lowest BCUT2D eigenvalue weighted by Crippen LogP contribution is -2.50. The van der Waals surface area contributed by atoms with Crippen molar-refractivity contribution >= 4 is 66.0 Å². The van der Waals surface area contributed by atoms with Gasteiger partial charge in [-0.25, -0.2) is 9.97 Å². The summed E-state index contributed by atoms with van der Waals surface area (Å²) in [6.45, 7) is 6.04. The van der Waals surface area contributed by atoms with E-state index in [1.807, 2.05) is 18.7 Å². The van der Waals surface area contributed by atoms with Crippen LogP contribution in [0.5, 0.6) is 0 Å². The minimum Gasteiger partial charge on any atom is -0.345 e. The Morgan fingerprint density at radius 1 is 0.976 bits per heavy atom. The Labute approximate surface area is 244 Å². The average molecular weight is 583 g/mol. The van der Waals surface area contributed by atoms with E-state index in [2.05, 4.69) is 68.8 Å². The third-order valence-corrected chi connectivity index (χ3v) is 10.2. The molecule has 3 N–H and O–H groups in total. The highest BCUT2D eigenvalue weighted by molar-refractivity contribution is 7.31. The molecule has 7 rings (SSSR count). The second kappa shape index (κ2) is 10.1. The van der Waals surface area contributed by atoms with Gasteiger partial charge in [-0.3, -0.25) is 9.59 Å². The van der Waals surface area contributed by atoms with Crippen molar-refractivity contribution < 1.29 is 9.59 Å². The molecule has 1 aliphatic heterocycles. The Kier molecular flexibility index (Phi) is 6.39. The maximum atomic E-state index is 13.4. The van der Waals surface area contributed by atoms with Crippen LogP contribution < -0.4 is 5.32 Å². The number of H-pyrrole nitrogens is 2. The molecule has 1 fully saturated rings. The van der Waals surface area contributed by atoms with Crippen LogP contribution in [0.4, 0.5) is 0 Å². The number of nitrogens with zero attached hydrogens (tertiary/aromatic N) is 3. The number of imidazole rings is 2. The molecule has 2 amide bonds. The third-order valence-electron chi connectivity index (χ3n) is 7.84. The van der Waals surface area contributed by atoms with Gasteiger partial charge in [0, 0.05) is 32.6 Å². The van der Waals surface area contributed by atoms with Gasteiger partial charge in [0.1, 0.15) is 11.9 Å². The number of nitrogens with one attached hydrogen (secondary N) is 3. The standard InChI is InChI=1S/C31H30N6O2S2/c1-16(2)29(34-17(3)38)31(39)37-10-4-5-24(37)30-35-21-9-7-19(12-23(21)36-30)26-14-28-27(41-26)13-25(40-28)18-6-8-20-22(11-18)33-15-32-20/h6-9,11-16,24,29H,4-5,10H2,1-3H3,(H,32,33)(H,34,38)(H,35,36). The van der Waals surface area contributed by atoms with E-state index in [9.17, 15) is 9.59 Å². The Balaban J connectivity index is 1.15. The van der Waals surface area contributed by atoms with E-state index < -0.39 is 6.04 Å². The van der Waals surface area contributed by atoms with Gasteiger partial charge < -0.3 is 20.2 Å². The first-order chi connectivity index (χ1) is 19.8. The third kappa shape index (κ3) is 4.70. The van der Waals surface area contributed by atoms with Gasteiger partial charge in [0.25, 0.3) is 0 Å². The maximum absolute atomic E-state index is 13.4. The summed E-state index contributed by atoms with van der Waals surface area (Å²) in [4.78, 5) is 45.5. The fourth-order valence-corrected chi connectivity index (χ4v) is 8.16. The number of aromatic nitrogens is 4. The minimum absolute atomic E-state index is 0.00222. The number of carbonyl (C=O) groups excluding carboxylic acids is 2. The van der Waals surface area contributed by atoms with Gasteiger partial charge in [-0.2, -0.15) is 0 Å². The van der Waals surface area contributed by atoms with E-state index in [0.29, 0.717) is 6.54 Å². The Bertz CT molecular complexity index is 1900. The fourth-order valence-electron chi connectivity index (χ4n) is 5.78. The van der Waals surface area contributed by atoms with Crippen LogP contribution in [0.1, 0.15) is 45.5 Å². The van der Waals surface area contributed by atoms with Crippen molar-refractivity contribution in [3.05, 3.63) is 60.7 Å². The summed E-state index contributed by atoms with van der Waals surface area (Å²) < 4.78 is 2.54. The molecule has 2 atom stereocenters. The molecule has 2 unspecified atom stereocenters. The molecule has 0 spiro atoms. The highest BCUT2D eigenvalue weighted by atomic mass is 32.1. The molecule has 1 aliphatic rings. The highest BCUT2D eigenvalue weighted by Crippen LogP contribution is 2.42. The lowest BCUT2D eigenvalue weighted by Gasteiger charge is -2.30. The van der Waals surface area contributed by atoms with E-state index in [1.54, 1.807) is 29.0 Å². The fraction of sp³-hybridized carbons (Fsp3) is 0.290. The van der Waals surface area contributed by atoms with Crippen LogP contribution in [-0.4, -0.2) is 49.2 Å². The van der Waals surface area contributed by atoms with Gasteiger partial charge >= 0.3 is 0 Å². The van der Waals surface area contributed by atoms with Gasteiger partial charge in [0.05, 0.1) is 34.4 Å². The van der Waals surface area contributed by atoms with Crippen LogP contribution >= 0.6 is 22.7 Å². The number of benzene rings is 2. The molecule has 41 heavy (non-hydrogen) atoms. The van der Waals surface area contributed by atoms with Crippen molar-refractivity contribution in [1.82, 2.24) is 30.2 Å². The van der Waals surface area contributed by atoms with Crippen molar-refractivity contribution in [2.24, 2.45) is 5.92 Å². The molecule has 0 saturated carbocycles. The van der Waals surface area contributed by atoms with Crippen molar-refractivity contribution in [1.29, 1.82) is 0 Å². The van der Waals surface area contributed by atoms with E-state index in [-0.39, 0.29) is 23.8 Å². The normalized spacial score (nSPS) is 16.4. The zero-order chi connectivity index (χ0) is 28.2. The number of thiophene rings is 2. The van der Waals surface area contributed by atoms with Crippen LogP contribution in [0.3, 0.4) is 0 Å². The number of amides is 2. The average Bonchev–Trinajstić information content (AvgIpc) is 3.76. The van der Waals surface area contributed by atoms with Gasteiger partial charge in [-0.1, -0.05) is 26.0 Å². The summed E-state index contributed by atoms with van der Waals surface area (Å²) in [5.41, 5.74) is 6.21. The molecule has 10 heteroatoms. The van der Waals surface area contributed by atoms with Crippen molar-refractivity contribution in [3.8, 4) is 20.9 Å². The molecule has 6 aromatic rings. The number of carbonyl (C=O) groups is 2. The van der Waals surface area contributed by atoms with Gasteiger partial charge in [0.15, 0.2) is 0 Å². The summed E-state index contributed by atoms with van der Waals surface area (Å²) in [5.74, 6) is 0.576. The summed E-state index contributed by atoms with van der Waals surface area (Å²) in [7, 11) is 0. The second-order valence-corrected chi connectivity index (χ2v) is 13.2. The summed E-state index contributed by atoms with van der Waals surface area (Å²) in [6, 6.07) is 16.6. The van der Waals surface area contributed by atoms with E-state index >= 15 is 0 Å². The van der Waals surface area contributed by atoms with Crippen LogP contribution in [0, 0.1) is 5.92 Å². The monoisotopic (exact) mass is 582 g/mol. The number of hydrogen-bond donors (Lipinski definition) is 3. The van der Waals surface area contributed by atoms with E-state index in [1.165, 1.54) is 31.6 Å². The first kappa shape index (κ1) is 25.9. The summed E-state index contributed by atoms with van der Waals surface area (Å²) >= 11 is 3.60. The van der Waals surface area contributed by atoms with Crippen LogP contribution in [-0.2, 0) is 9.59 Å². The van der Waals surface area contributed by atoms with Crippen LogP contribution in [0.2, 0.25) is 0 Å². The van der Waals surface area contributed by atoms with Gasteiger partial charge in [0.2, 0.25) is 11.8 Å². The summed E-state index contributed by atoms with van der Waals surface area (Å²) in [6.07, 6.45) is 3.49. The molecular weight excluding hydrogens is 553 g/mol. The lowest BCUT2D eigenvalue weighted by molar-refractivity contribution is -0.138. The molecule has 0 bridgehead atoms. The largest absolute Gasteiger partial charge is 0.345 e. The smallest absolute Gasteiger partial charge is 0.246 e. The molecule has 208 valence electrons. The number of aromatic amines is 2. The van der Waals surface area contributed by atoms with Crippen molar-refractivity contribution in [3.63, 3.8) is 0 Å². The van der Waals surface area contributed by atoms with Crippen molar-refractivity contribution in [2.45, 2.75) is 45.7 Å². The minimum atomic E-state index is -0.536. The summed E-state index contributed by atoms with van der Waals surface area (Å²) in [5, 5.41) is 2.84. The van der Waals surface area contributed by atoms with Crippen LogP contribution in [0.25, 0.3) is 52.3 Å². The second-order valence-electron chi connectivity index (χ2n) is 11.1. The quantitative estimate of drug-likeness (QED) is 0.199. The first-order valence-electron chi connectivity index (χ1n) is 13.9. The molecule has 5 heterocycles. The zero-order valence-electron chi connectivity index (χ0n) is 23.0. The molecule has 1 saturated heterocycles. The highest BCUT2D eigenvalue weighted by Gasteiger charge is 2.37. The first-order valence-corrected chi connectivity index (χ1v) is 15.5.